The summed E-state index contributed by atoms with van der Waals surface area (Å²) in [5.74, 6) is 2.34. The molecule has 0 unspecified atom stereocenters. The summed E-state index contributed by atoms with van der Waals surface area (Å²) in [6.07, 6.45) is 6.27. The van der Waals surface area contributed by atoms with Crippen LogP contribution in [0.3, 0.4) is 0 Å². The van der Waals surface area contributed by atoms with E-state index in [1.54, 1.807) is 7.05 Å². The van der Waals surface area contributed by atoms with Gasteiger partial charge in [0.2, 0.25) is 5.91 Å². The minimum Gasteiger partial charge on any atom is -0.381 e. The van der Waals surface area contributed by atoms with Crippen LogP contribution in [0.2, 0.25) is 0 Å². The highest BCUT2D eigenvalue weighted by atomic mass is 16.5. The van der Waals surface area contributed by atoms with Crippen molar-refractivity contribution in [3.8, 4) is 12.3 Å². The molecule has 0 aromatic heterocycles. The summed E-state index contributed by atoms with van der Waals surface area (Å²) in [6, 6.07) is 0. The fourth-order valence-electron chi connectivity index (χ4n) is 1.54. The number of hydrogen-bond acceptors (Lipinski definition) is 3. The molecule has 2 N–H and O–H groups in total. The number of carbonyl (C=O) groups excluding carboxylic acids is 1. The van der Waals surface area contributed by atoms with Gasteiger partial charge >= 0.3 is 0 Å². The number of rotatable bonds is 2. The van der Waals surface area contributed by atoms with Crippen LogP contribution in [0.15, 0.2) is 0 Å². The largest absolute Gasteiger partial charge is 0.381 e. The van der Waals surface area contributed by atoms with E-state index >= 15 is 0 Å². The van der Waals surface area contributed by atoms with Crippen molar-refractivity contribution in [1.29, 1.82) is 0 Å². The summed E-state index contributed by atoms with van der Waals surface area (Å²) >= 11 is 0. The first-order valence-electron chi connectivity index (χ1n) is 4.66. The van der Waals surface area contributed by atoms with Crippen molar-refractivity contribution < 1.29 is 9.53 Å². The molecule has 78 valence electrons. The first-order valence-corrected chi connectivity index (χ1v) is 4.66. The molecular weight excluding hydrogens is 180 g/mol. The molecule has 0 aromatic rings. The minimum atomic E-state index is -0.774. The number of terminal acetylenes is 1. The van der Waals surface area contributed by atoms with Gasteiger partial charge < -0.3 is 15.4 Å². The topological polar surface area (TPSA) is 55.6 Å². The molecule has 1 rings (SSSR count). The van der Waals surface area contributed by atoms with Gasteiger partial charge in [-0.3, -0.25) is 4.79 Å². The van der Waals surface area contributed by atoms with E-state index in [0.29, 0.717) is 32.6 Å². The molecule has 4 heteroatoms. The molecule has 0 aliphatic carbocycles. The van der Waals surface area contributed by atoms with Gasteiger partial charge in [0.15, 0.2) is 0 Å². The highest BCUT2D eigenvalue weighted by Gasteiger charge is 2.37. The van der Waals surface area contributed by atoms with Crippen LogP contribution in [0.4, 0.5) is 0 Å². The van der Waals surface area contributed by atoms with E-state index in [2.05, 4.69) is 5.92 Å². The second kappa shape index (κ2) is 4.45. The number of ether oxygens (including phenoxy) is 1. The molecule has 0 radical (unpaired) electrons. The normalized spacial score (nSPS) is 19.8. The molecule has 1 heterocycles. The van der Waals surface area contributed by atoms with Crippen LogP contribution in [-0.2, 0) is 9.53 Å². The Bertz CT molecular complexity index is 251. The van der Waals surface area contributed by atoms with Crippen LogP contribution in [0.5, 0.6) is 0 Å². The van der Waals surface area contributed by atoms with Gasteiger partial charge in [0.05, 0.1) is 12.1 Å². The van der Waals surface area contributed by atoms with Gasteiger partial charge in [-0.25, -0.2) is 0 Å². The molecule has 1 amide bonds. The van der Waals surface area contributed by atoms with Gasteiger partial charge in [-0.1, -0.05) is 5.92 Å². The van der Waals surface area contributed by atoms with Crippen molar-refractivity contribution in [2.75, 3.05) is 26.8 Å². The maximum absolute atomic E-state index is 11.9. The van der Waals surface area contributed by atoms with E-state index in [0.717, 1.165) is 0 Å². The van der Waals surface area contributed by atoms with Crippen LogP contribution < -0.4 is 5.73 Å². The summed E-state index contributed by atoms with van der Waals surface area (Å²) in [4.78, 5) is 13.4. The second-order valence-corrected chi connectivity index (χ2v) is 3.63. The van der Waals surface area contributed by atoms with Crippen molar-refractivity contribution >= 4 is 5.91 Å². The monoisotopic (exact) mass is 196 g/mol. The van der Waals surface area contributed by atoms with Crippen molar-refractivity contribution in [3.63, 3.8) is 0 Å². The lowest BCUT2D eigenvalue weighted by atomic mass is 9.90. The fourth-order valence-corrected chi connectivity index (χ4v) is 1.54. The molecule has 0 bridgehead atoms. The quantitative estimate of drug-likeness (QED) is 0.611. The first kappa shape index (κ1) is 11.0. The van der Waals surface area contributed by atoms with E-state index in [9.17, 15) is 4.79 Å². The Morgan fingerprint density at radius 1 is 1.64 bits per heavy atom. The summed E-state index contributed by atoms with van der Waals surface area (Å²) in [7, 11) is 1.67. The van der Waals surface area contributed by atoms with Crippen LogP contribution >= 0.6 is 0 Å². The average Bonchev–Trinajstić information content (AvgIpc) is 2.18. The van der Waals surface area contributed by atoms with E-state index in [1.807, 2.05) is 0 Å². The Morgan fingerprint density at radius 2 is 2.21 bits per heavy atom. The van der Waals surface area contributed by atoms with E-state index in [-0.39, 0.29) is 5.91 Å². The highest BCUT2D eigenvalue weighted by molar-refractivity contribution is 5.86. The van der Waals surface area contributed by atoms with E-state index in [4.69, 9.17) is 16.9 Å². The van der Waals surface area contributed by atoms with Crippen molar-refractivity contribution in [1.82, 2.24) is 4.90 Å². The van der Waals surface area contributed by atoms with E-state index in [1.165, 1.54) is 4.90 Å². The van der Waals surface area contributed by atoms with Gasteiger partial charge in [-0.2, -0.15) is 0 Å². The van der Waals surface area contributed by atoms with Gasteiger partial charge in [-0.15, -0.1) is 6.42 Å². The fraction of sp³-hybridized carbons (Fsp3) is 0.700. The maximum atomic E-state index is 11.9. The number of hydrogen-bond donors (Lipinski definition) is 1. The lowest BCUT2D eigenvalue weighted by Gasteiger charge is -2.34. The number of likely N-dealkylation sites (N-methyl/N-ethyl adjacent to an activating group) is 1. The third-order valence-electron chi connectivity index (χ3n) is 2.49. The summed E-state index contributed by atoms with van der Waals surface area (Å²) in [5, 5.41) is 0. The van der Waals surface area contributed by atoms with Crippen LogP contribution in [0.25, 0.3) is 0 Å². The molecule has 1 saturated heterocycles. The number of nitrogens with zero attached hydrogens (tertiary/aromatic N) is 1. The lowest BCUT2D eigenvalue weighted by Crippen LogP contribution is -2.57. The summed E-state index contributed by atoms with van der Waals surface area (Å²) < 4.78 is 5.16. The third-order valence-corrected chi connectivity index (χ3v) is 2.49. The smallest absolute Gasteiger partial charge is 0.243 e. The molecule has 4 nitrogen and oxygen atoms in total. The number of nitrogens with two attached hydrogens (primary N) is 1. The van der Waals surface area contributed by atoms with Crippen LogP contribution in [0.1, 0.15) is 12.8 Å². The molecule has 1 fully saturated rings. The van der Waals surface area contributed by atoms with Crippen molar-refractivity contribution in [2.45, 2.75) is 18.4 Å². The van der Waals surface area contributed by atoms with Crippen molar-refractivity contribution in [2.24, 2.45) is 5.73 Å². The first-order chi connectivity index (χ1) is 6.60. The molecule has 0 spiro atoms. The standard InChI is InChI=1S/C10H16N2O2/c1-3-6-12(2)9(13)10(11)4-7-14-8-5-10/h1H,4-8,11H2,2H3. The second-order valence-electron chi connectivity index (χ2n) is 3.63. The Hall–Kier alpha value is -1.05. The Balaban J connectivity index is 2.62. The maximum Gasteiger partial charge on any atom is 0.243 e. The van der Waals surface area contributed by atoms with Crippen LogP contribution in [0, 0.1) is 12.3 Å². The summed E-state index contributed by atoms with van der Waals surface area (Å²) in [6.45, 7) is 1.40. The molecule has 1 aliphatic heterocycles. The van der Waals surface area contributed by atoms with Gasteiger partial charge in [0.25, 0.3) is 0 Å². The predicted octanol–water partition coefficient (Wildman–Crippen LogP) is -0.414. The molecular formula is C10H16N2O2. The molecule has 0 saturated carbocycles. The zero-order chi connectivity index (χ0) is 10.6. The predicted molar refractivity (Wildman–Crippen MR) is 53.4 cm³/mol. The lowest BCUT2D eigenvalue weighted by molar-refractivity contribution is -0.138. The molecule has 14 heavy (non-hydrogen) atoms. The van der Waals surface area contributed by atoms with Crippen LogP contribution in [-0.4, -0.2) is 43.2 Å². The average molecular weight is 196 g/mol. The highest BCUT2D eigenvalue weighted by Crippen LogP contribution is 2.19. The summed E-state index contributed by atoms with van der Waals surface area (Å²) in [5.41, 5.74) is 5.22. The molecule has 0 aromatic carbocycles. The number of carbonyl (C=O) groups is 1. The van der Waals surface area contributed by atoms with Crippen molar-refractivity contribution in [3.05, 3.63) is 0 Å². The Labute approximate surface area is 84.4 Å². The van der Waals surface area contributed by atoms with Gasteiger partial charge in [0.1, 0.15) is 0 Å². The Kier molecular flexibility index (Phi) is 3.50. The SMILES string of the molecule is C#CCN(C)C(=O)C1(N)CCOCC1. The molecule has 0 atom stereocenters. The van der Waals surface area contributed by atoms with Gasteiger partial charge in [0, 0.05) is 20.3 Å². The minimum absolute atomic E-state index is 0.0845. The zero-order valence-electron chi connectivity index (χ0n) is 8.45. The Morgan fingerprint density at radius 3 is 2.71 bits per heavy atom. The van der Waals surface area contributed by atoms with E-state index < -0.39 is 5.54 Å². The zero-order valence-corrected chi connectivity index (χ0v) is 8.45. The third kappa shape index (κ3) is 2.25. The number of amides is 1. The molecule has 1 aliphatic rings. The van der Waals surface area contributed by atoms with Gasteiger partial charge in [-0.05, 0) is 12.8 Å².